The topological polar surface area (TPSA) is 75.7 Å². The first-order valence-electron chi connectivity index (χ1n) is 2.75. The standard InChI is InChI=1S/C6H10N2O2/c1-3-4(6(9)10)5(7)8-2/h3H,1-2H3,(H2,7,8)(H,9,10)/b4-3+. The van der Waals surface area contributed by atoms with E-state index >= 15 is 0 Å². The van der Waals surface area contributed by atoms with Gasteiger partial charge in [-0.25, -0.2) is 4.79 Å². The van der Waals surface area contributed by atoms with Crippen molar-refractivity contribution >= 4 is 11.8 Å². The van der Waals surface area contributed by atoms with Crippen molar-refractivity contribution in [3.8, 4) is 0 Å². The number of aliphatic imine (C=N–C) groups is 1. The number of hydrogen-bond donors (Lipinski definition) is 2. The molecule has 0 heterocycles. The Balaban J connectivity index is 4.56. The Morgan fingerprint density at radius 2 is 2.20 bits per heavy atom. The molecule has 0 radical (unpaired) electrons. The van der Waals surface area contributed by atoms with Gasteiger partial charge >= 0.3 is 5.97 Å². The Labute approximate surface area is 59.1 Å². The third-order valence-corrected chi connectivity index (χ3v) is 1.04. The molecule has 0 aromatic rings. The van der Waals surface area contributed by atoms with Crippen LogP contribution in [0.3, 0.4) is 0 Å². The van der Waals surface area contributed by atoms with E-state index in [1.165, 1.54) is 13.1 Å². The van der Waals surface area contributed by atoms with Gasteiger partial charge < -0.3 is 10.8 Å². The van der Waals surface area contributed by atoms with Gasteiger partial charge in [0.05, 0.1) is 5.57 Å². The van der Waals surface area contributed by atoms with Gasteiger partial charge in [-0.05, 0) is 6.92 Å². The molecule has 4 nitrogen and oxygen atoms in total. The van der Waals surface area contributed by atoms with E-state index in [9.17, 15) is 4.79 Å². The van der Waals surface area contributed by atoms with Gasteiger partial charge in [0, 0.05) is 7.05 Å². The molecule has 0 atom stereocenters. The Kier molecular flexibility index (Phi) is 3.17. The van der Waals surface area contributed by atoms with Gasteiger partial charge in [-0.2, -0.15) is 0 Å². The summed E-state index contributed by atoms with van der Waals surface area (Å²) >= 11 is 0. The molecule has 56 valence electrons. The highest BCUT2D eigenvalue weighted by atomic mass is 16.4. The third kappa shape index (κ3) is 1.89. The van der Waals surface area contributed by atoms with E-state index in [0.717, 1.165) is 0 Å². The molecule has 0 fully saturated rings. The fourth-order valence-corrected chi connectivity index (χ4v) is 0.501. The number of aliphatic carboxylic acids is 1. The van der Waals surface area contributed by atoms with Crippen LogP contribution < -0.4 is 5.73 Å². The minimum Gasteiger partial charge on any atom is -0.478 e. The van der Waals surface area contributed by atoms with Gasteiger partial charge in [0.15, 0.2) is 0 Å². The number of rotatable bonds is 2. The molecule has 0 unspecified atom stereocenters. The zero-order valence-corrected chi connectivity index (χ0v) is 5.96. The van der Waals surface area contributed by atoms with Gasteiger partial charge in [0.2, 0.25) is 0 Å². The Morgan fingerprint density at radius 3 is 2.30 bits per heavy atom. The van der Waals surface area contributed by atoms with Crippen molar-refractivity contribution in [3.05, 3.63) is 11.6 Å². The van der Waals surface area contributed by atoms with Crippen LogP contribution in [0.25, 0.3) is 0 Å². The first-order valence-corrected chi connectivity index (χ1v) is 2.75. The van der Waals surface area contributed by atoms with E-state index in [1.807, 2.05) is 0 Å². The Bertz CT molecular complexity index is 194. The minimum atomic E-state index is -1.05. The lowest BCUT2D eigenvalue weighted by molar-refractivity contribution is -0.132. The van der Waals surface area contributed by atoms with E-state index in [0.29, 0.717) is 0 Å². The van der Waals surface area contributed by atoms with Crippen LogP contribution in [0.1, 0.15) is 6.92 Å². The third-order valence-electron chi connectivity index (χ3n) is 1.04. The zero-order valence-electron chi connectivity index (χ0n) is 5.96. The number of amidine groups is 1. The van der Waals surface area contributed by atoms with Crippen LogP contribution in [0.2, 0.25) is 0 Å². The van der Waals surface area contributed by atoms with Gasteiger partial charge in [0.1, 0.15) is 5.84 Å². The van der Waals surface area contributed by atoms with Gasteiger partial charge in [-0.15, -0.1) is 0 Å². The molecule has 3 N–H and O–H groups in total. The summed E-state index contributed by atoms with van der Waals surface area (Å²) < 4.78 is 0. The molecule has 0 rings (SSSR count). The molecule has 0 aliphatic rings. The number of nitrogens with two attached hydrogens (primary N) is 1. The van der Waals surface area contributed by atoms with Crippen molar-refractivity contribution in [2.45, 2.75) is 6.92 Å². The van der Waals surface area contributed by atoms with Crippen LogP contribution >= 0.6 is 0 Å². The van der Waals surface area contributed by atoms with E-state index in [1.54, 1.807) is 6.92 Å². The highest BCUT2D eigenvalue weighted by Gasteiger charge is 2.08. The molecule has 0 aromatic carbocycles. The predicted molar refractivity (Wildman–Crippen MR) is 38.9 cm³/mol. The molecule has 4 heteroatoms. The van der Waals surface area contributed by atoms with Crippen molar-refractivity contribution in [1.29, 1.82) is 0 Å². The highest BCUT2D eigenvalue weighted by Crippen LogP contribution is 1.92. The summed E-state index contributed by atoms with van der Waals surface area (Å²) in [6.45, 7) is 1.60. The number of carboxylic acids is 1. The average Bonchev–Trinajstić information content (AvgIpc) is 1.88. The molecule has 10 heavy (non-hydrogen) atoms. The van der Waals surface area contributed by atoms with Crippen molar-refractivity contribution < 1.29 is 9.90 Å². The number of carbonyl (C=O) groups is 1. The lowest BCUT2D eigenvalue weighted by Gasteiger charge is -1.96. The van der Waals surface area contributed by atoms with E-state index in [4.69, 9.17) is 10.8 Å². The smallest absolute Gasteiger partial charge is 0.339 e. The van der Waals surface area contributed by atoms with Crippen LogP contribution in [-0.4, -0.2) is 24.0 Å². The summed E-state index contributed by atoms with van der Waals surface area (Å²) in [5, 5.41) is 8.45. The largest absolute Gasteiger partial charge is 0.478 e. The molecular weight excluding hydrogens is 132 g/mol. The lowest BCUT2D eigenvalue weighted by Crippen LogP contribution is -2.20. The summed E-state index contributed by atoms with van der Waals surface area (Å²) in [7, 11) is 1.45. The molecule has 0 saturated heterocycles. The maximum absolute atomic E-state index is 10.3. The SMILES string of the molecule is C/C=C(/C(=O)O)C(N)=NC. The van der Waals surface area contributed by atoms with Crippen molar-refractivity contribution in [2.24, 2.45) is 10.7 Å². The number of hydrogen-bond acceptors (Lipinski definition) is 2. The number of allylic oxidation sites excluding steroid dienone is 1. The quantitative estimate of drug-likeness (QED) is 0.324. The normalized spacial score (nSPS) is 13.4. The van der Waals surface area contributed by atoms with Gasteiger partial charge in [-0.3, -0.25) is 4.99 Å². The van der Waals surface area contributed by atoms with E-state index in [2.05, 4.69) is 4.99 Å². The molecular formula is C6H10N2O2. The highest BCUT2D eigenvalue weighted by molar-refractivity contribution is 6.17. The molecule has 0 spiro atoms. The maximum atomic E-state index is 10.3. The van der Waals surface area contributed by atoms with Crippen LogP contribution in [0.15, 0.2) is 16.6 Å². The van der Waals surface area contributed by atoms with Crippen molar-refractivity contribution in [3.63, 3.8) is 0 Å². The number of nitrogens with zero attached hydrogens (tertiary/aromatic N) is 1. The summed E-state index contributed by atoms with van der Waals surface area (Å²) in [6, 6.07) is 0. The average molecular weight is 142 g/mol. The summed E-state index contributed by atoms with van der Waals surface area (Å²) in [4.78, 5) is 13.8. The Morgan fingerprint density at radius 1 is 1.70 bits per heavy atom. The fraction of sp³-hybridized carbons (Fsp3) is 0.333. The predicted octanol–water partition coefficient (Wildman–Crippen LogP) is 0.00430. The van der Waals surface area contributed by atoms with Crippen LogP contribution in [-0.2, 0) is 4.79 Å². The molecule has 0 aromatic heterocycles. The van der Waals surface area contributed by atoms with Crippen molar-refractivity contribution in [1.82, 2.24) is 0 Å². The van der Waals surface area contributed by atoms with Gasteiger partial charge in [-0.1, -0.05) is 6.08 Å². The van der Waals surface area contributed by atoms with Crippen LogP contribution in [0, 0.1) is 0 Å². The first kappa shape index (κ1) is 8.68. The second-order valence-corrected chi connectivity index (χ2v) is 1.62. The maximum Gasteiger partial charge on any atom is 0.339 e. The molecule has 0 amide bonds. The second kappa shape index (κ2) is 3.66. The number of carboxylic acid groups (broad SMARTS) is 1. The van der Waals surface area contributed by atoms with Crippen molar-refractivity contribution in [2.75, 3.05) is 7.05 Å². The fourth-order valence-electron chi connectivity index (χ4n) is 0.501. The monoisotopic (exact) mass is 142 g/mol. The van der Waals surface area contributed by atoms with E-state index in [-0.39, 0.29) is 11.4 Å². The summed E-state index contributed by atoms with van der Waals surface area (Å²) in [6.07, 6.45) is 1.41. The summed E-state index contributed by atoms with van der Waals surface area (Å²) in [5.74, 6) is -0.999. The van der Waals surface area contributed by atoms with Crippen LogP contribution in [0.4, 0.5) is 0 Å². The first-order chi connectivity index (χ1) is 4.63. The molecule has 0 bridgehead atoms. The van der Waals surface area contributed by atoms with Crippen LogP contribution in [0.5, 0.6) is 0 Å². The van der Waals surface area contributed by atoms with E-state index < -0.39 is 5.97 Å². The molecule has 0 aliphatic carbocycles. The zero-order chi connectivity index (χ0) is 8.15. The lowest BCUT2D eigenvalue weighted by atomic mass is 10.2. The summed E-state index contributed by atoms with van der Waals surface area (Å²) in [5.41, 5.74) is 5.27. The second-order valence-electron chi connectivity index (χ2n) is 1.62. The molecule has 0 aliphatic heterocycles. The van der Waals surface area contributed by atoms with Gasteiger partial charge in [0.25, 0.3) is 0 Å². The molecule has 0 saturated carbocycles. The minimum absolute atomic E-state index is 0.0440. The Hall–Kier alpha value is -1.32.